The van der Waals surface area contributed by atoms with Crippen LogP contribution in [0.25, 0.3) is 0 Å². The Balaban J connectivity index is 1.94. The summed E-state index contributed by atoms with van der Waals surface area (Å²) in [6, 6.07) is 5.53. The molecule has 1 heterocycles. The first-order valence-corrected chi connectivity index (χ1v) is 6.88. The number of rotatable bonds is 6. The van der Waals surface area contributed by atoms with E-state index in [0.29, 0.717) is 11.3 Å². The van der Waals surface area contributed by atoms with Crippen LogP contribution in [-0.2, 0) is 9.53 Å². The number of amides is 1. The first-order chi connectivity index (χ1) is 10.0. The molecule has 2 atom stereocenters. The number of aliphatic carboxylic acids is 1. The van der Waals surface area contributed by atoms with Crippen molar-refractivity contribution in [2.24, 2.45) is 0 Å². The summed E-state index contributed by atoms with van der Waals surface area (Å²) in [5.74, 6) is -0.376. The van der Waals surface area contributed by atoms with E-state index in [1.807, 2.05) is 19.1 Å². The molecule has 0 bridgehead atoms. The van der Waals surface area contributed by atoms with E-state index in [0.717, 1.165) is 5.56 Å². The van der Waals surface area contributed by atoms with Crippen LogP contribution in [0, 0.1) is 0 Å². The number of carbonyl (C=O) groups excluding carboxylic acids is 1. The summed E-state index contributed by atoms with van der Waals surface area (Å²) in [7, 11) is 0. The number of carbonyl (C=O) groups is 2. The molecular weight excluding hydrogens is 274 g/mol. The van der Waals surface area contributed by atoms with Crippen LogP contribution in [0.5, 0.6) is 5.75 Å². The summed E-state index contributed by atoms with van der Waals surface area (Å²) in [5.41, 5.74) is 1.54. The Labute approximate surface area is 123 Å². The van der Waals surface area contributed by atoms with Gasteiger partial charge < -0.3 is 19.9 Å². The highest BCUT2D eigenvalue weighted by Crippen LogP contribution is 2.40. The summed E-state index contributed by atoms with van der Waals surface area (Å²) in [4.78, 5) is 22.4. The van der Waals surface area contributed by atoms with Crippen molar-refractivity contribution in [3.8, 4) is 5.75 Å². The van der Waals surface area contributed by atoms with Crippen molar-refractivity contribution in [3.63, 3.8) is 0 Å². The largest absolute Gasteiger partial charge is 0.489 e. The van der Waals surface area contributed by atoms with Crippen molar-refractivity contribution < 1.29 is 24.2 Å². The molecule has 1 aromatic rings. The van der Waals surface area contributed by atoms with Gasteiger partial charge in [0.25, 0.3) is 5.91 Å². The maximum absolute atomic E-state index is 12.2. The minimum Gasteiger partial charge on any atom is -0.489 e. The molecule has 0 aliphatic carbocycles. The number of carboxylic acids is 1. The molecule has 6 nitrogen and oxygen atoms in total. The van der Waals surface area contributed by atoms with Crippen molar-refractivity contribution in [2.45, 2.75) is 25.9 Å². The van der Waals surface area contributed by atoms with Gasteiger partial charge in [-0.25, -0.2) is 4.79 Å². The van der Waals surface area contributed by atoms with Crippen LogP contribution in [0.4, 0.5) is 0 Å². The summed E-state index contributed by atoms with van der Waals surface area (Å²) in [6.07, 6.45) is 0.0489. The first kappa shape index (κ1) is 15.3. The average Bonchev–Trinajstić information content (AvgIpc) is 2.73. The van der Waals surface area contributed by atoms with Gasteiger partial charge in [-0.2, -0.15) is 0 Å². The maximum atomic E-state index is 12.2. The van der Waals surface area contributed by atoms with Crippen molar-refractivity contribution in [1.29, 1.82) is 0 Å². The molecule has 114 valence electrons. The lowest BCUT2D eigenvalue weighted by atomic mass is 9.97. The number of carboxylic acid groups (broad SMARTS) is 1. The van der Waals surface area contributed by atoms with Crippen LogP contribution in [0.3, 0.4) is 0 Å². The van der Waals surface area contributed by atoms with Crippen LogP contribution < -0.4 is 10.1 Å². The van der Waals surface area contributed by atoms with Crippen LogP contribution >= 0.6 is 0 Å². The molecule has 0 saturated heterocycles. The monoisotopic (exact) mass is 293 g/mol. The average molecular weight is 293 g/mol. The second-order valence-corrected chi connectivity index (χ2v) is 5.04. The van der Waals surface area contributed by atoms with Crippen LogP contribution in [0.2, 0.25) is 0 Å². The van der Waals surface area contributed by atoms with E-state index >= 15 is 0 Å². The number of para-hydroxylation sites is 1. The third kappa shape index (κ3) is 3.52. The second-order valence-electron chi connectivity index (χ2n) is 5.04. The Morgan fingerprint density at radius 2 is 2.14 bits per heavy atom. The topological polar surface area (TPSA) is 84.9 Å². The predicted molar refractivity (Wildman–Crippen MR) is 75.7 cm³/mol. The first-order valence-electron chi connectivity index (χ1n) is 6.88. The summed E-state index contributed by atoms with van der Waals surface area (Å²) < 4.78 is 10.6. The van der Waals surface area contributed by atoms with E-state index in [-0.39, 0.29) is 37.7 Å². The Hall–Kier alpha value is -2.08. The molecule has 6 heteroatoms. The zero-order valence-corrected chi connectivity index (χ0v) is 12.1. The Morgan fingerprint density at radius 1 is 1.38 bits per heavy atom. The van der Waals surface area contributed by atoms with Crippen molar-refractivity contribution in [3.05, 3.63) is 29.3 Å². The van der Waals surface area contributed by atoms with E-state index in [2.05, 4.69) is 12.2 Å². The molecule has 2 N–H and O–H groups in total. The Bertz CT molecular complexity index is 543. The van der Waals surface area contributed by atoms with Crippen LogP contribution in [0.1, 0.15) is 35.7 Å². The van der Waals surface area contributed by atoms with Gasteiger partial charge in [0.1, 0.15) is 18.5 Å². The smallest absolute Gasteiger partial charge is 0.329 e. The van der Waals surface area contributed by atoms with Crippen molar-refractivity contribution in [1.82, 2.24) is 5.32 Å². The van der Waals surface area contributed by atoms with E-state index in [4.69, 9.17) is 14.6 Å². The fourth-order valence-electron chi connectivity index (χ4n) is 2.26. The molecule has 1 aliphatic heterocycles. The standard InChI is InChI=1S/C15H19NO5/c1-9-10(2)21-14-11(9)4-3-5-12(14)15(19)16-6-7-20-8-13(17)18/h3-5,9-10H,6-8H2,1-2H3,(H,16,19)(H,17,18). The molecule has 1 amide bonds. The molecule has 0 radical (unpaired) electrons. The highest BCUT2D eigenvalue weighted by molar-refractivity contribution is 5.97. The summed E-state index contributed by atoms with van der Waals surface area (Å²) in [6.45, 7) is 4.08. The third-order valence-electron chi connectivity index (χ3n) is 3.55. The zero-order valence-electron chi connectivity index (χ0n) is 12.1. The van der Waals surface area contributed by atoms with Gasteiger partial charge in [0, 0.05) is 18.0 Å². The molecule has 21 heavy (non-hydrogen) atoms. The fraction of sp³-hybridized carbons (Fsp3) is 0.467. The molecule has 0 spiro atoms. The van der Waals surface area contributed by atoms with Gasteiger partial charge in [0.05, 0.1) is 12.2 Å². The molecule has 2 rings (SSSR count). The summed E-state index contributed by atoms with van der Waals surface area (Å²) >= 11 is 0. The number of benzene rings is 1. The molecule has 0 saturated carbocycles. The normalized spacial score (nSPS) is 19.7. The van der Waals surface area contributed by atoms with Gasteiger partial charge in [-0.1, -0.05) is 19.1 Å². The minimum absolute atomic E-state index is 0.0489. The van der Waals surface area contributed by atoms with Gasteiger partial charge in [-0.05, 0) is 13.0 Å². The molecule has 2 unspecified atom stereocenters. The number of nitrogens with one attached hydrogen (secondary N) is 1. The van der Waals surface area contributed by atoms with Gasteiger partial charge in [0.15, 0.2) is 0 Å². The molecular formula is C15H19NO5. The fourth-order valence-corrected chi connectivity index (χ4v) is 2.26. The highest BCUT2D eigenvalue weighted by Gasteiger charge is 2.30. The van der Waals surface area contributed by atoms with Crippen LogP contribution in [0.15, 0.2) is 18.2 Å². The van der Waals surface area contributed by atoms with E-state index in [1.54, 1.807) is 6.07 Å². The number of hydrogen-bond donors (Lipinski definition) is 2. The lowest BCUT2D eigenvalue weighted by Crippen LogP contribution is -2.28. The Morgan fingerprint density at radius 3 is 2.86 bits per heavy atom. The molecule has 1 aromatic carbocycles. The molecule has 0 aromatic heterocycles. The van der Waals surface area contributed by atoms with Gasteiger partial charge in [-0.15, -0.1) is 0 Å². The number of hydrogen-bond acceptors (Lipinski definition) is 4. The molecule has 1 aliphatic rings. The van der Waals surface area contributed by atoms with Gasteiger partial charge >= 0.3 is 5.97 Å². The SMILES string of the molecule is CC1Oc2c(C(=O)NCCOCC(=O)O)cccc2C1C. The van der Waals surface area contributed by atoms with Crippen molar-refractivity contribution >= 4 is 11.9 Å². The van der Waals surface area contributed by atoms with E-state index in [9.17, 15) is 9.59 Å². The van der Waals surface area contributed by atoms with E-state index in [1.165, 1.54) is 0 Å². The van der Waals surface area contributed by atoms with Gasteiger partial charge in [0.2, 0.25) is 0 Å². The maximum Gasteiger partial charge on any atom is 0.329 e. The quantitative estimate of drug-likeness (QED) is 0.774. The second kappa shape index (κ2) is 6.58. The lowest BCUT2D eigenvalue weighted by Gasteiger charge is -2.10. The predicted octanol–water partition coefficient (Wildman–Crippen LogP) is 1.40. The summed E-state index contributed by atoms with van der Waals surface area (Å²) in [5, 5.41) is 11.1. The van der Waals surface area contributed by atoms with Gasteiger partial charge in [-0.3, -0.25) is 4.79 Å². The minimum atomic E-state index is -1.03. The highest BCUT2D eigenvalue weighted by atomic mass is 16.5. The Kier molecular flexibility index (Phi) is 4.80. The van der Waals surface area contributed by atoms with Crippen LogP contribution in [-0.4, -0.2) is 42.8 Å². The van der Waals surface area contributed by atoms with E-state index < -0.39 is 5.97 Å². The number of ether oxygens (including phenoxy) is 2. The zero-order chi connectivity index (χ0) is 15.4. The number of fused-ring (bicyclic) bond motifs is 1. The lowest BCUT2D eigenvalue weighted by molar-refractivity contribution is -0.142. The molecule has 0 fully saturated rings. The van der Waals surface area contributed by atoms with Crippen molar-refractivity contribution in [2.75, 3.05) is 19.8 Å². The third-order valence-corrected chi connectivity index (χ3v) is 3.55.